The van der Waals surface area contributed by atoms with Gasteiger partial charge in [0.15, 0.2) is 0 Å². The molecule has 5 amide bonds. The van der Waals surface area contributed by atoms with Crippen LogP contribution < -0.4 is 26.6 Å². The van der Waals surface area contributed by atoms with E-state index in [-0.39, 0.29) is 54.3 Å². The van der Waals surface area contributed by atoms with Crippen LogP contribution in [0.1, 0.15) is 58.8 Å². The molecule has 10 heteroatoms. The van der Waals surface area contributed by atoms with Gasteiger partial charge in [0, 0.05) is 42.5 Å². The maximum Gasteiger partial charge on any atom is 0.315 e. The first-order chi connectivity index (χ1) is 15.3. The molecular weight excluding hydrogens is 430 g/mol. The molecule has 0 aromatic carbocycles. The quantitative estimate of drug-likeness (QED) is 0.118. The second-order valence-corrected chi connectivity index (χ2v) is 9.80. The minimum Gasteiger partial charge on any atom is -0.354 e. The fourth-order valence-corrected chi connectivity index (χ4v) is 5.39. The molecule has 0 radical (unpaired) electrons. The molecule has 2 aliphatic heterocycles. The molecule has 5 atom stereocenters. The summed E-state index contributed by atoms with van der Waals surface area (Å²) >= 11 is 1.87. The summed E-state index contributed by atoms with van der Waals surface area (Å²) in [6.07, 6.45) is 9.28. The van der Waals surface area contributed by atoms with E-state index >= 15 is 0 Å². The summed E-state index contributed by atoms with van der Waals surface area (Å²) in [6, 6.07) is -0.0191. The average Bonchev–Trinajstić information content (AvgIpc) is 3.27. The molecule has 0 aromatic heterocycles. The molecule has 32 heavy (non-hydrogen) atoms. The van der Waals surface area contributed by atoms with E-state index in [0.717, 1.165) is 25.0 Å². The fourth-order valence-electron chi connectivity index (χ4n) is 3.85. The molecule has 0 aliphatic carbocycles. The number of unbranched alkanes of at least 4 members (excludes halogenated alkanes) is 1. The number of fused-ring (bicyclic) bond motifs is 1. The van der Waals surface area contributed by atoms with Crippen molar-refractivity contribution in [2.45, 2.75) is 88.2 Å². The predicted octanol–water partition coefficient (Wildman–Crippen LogP) is 0.641. The summed E-state index contributed by atoms with van der Waals surface area (Å²) in [4.78, 5) is 47.3. The zero-order valence-electron chi connectivity index (χ0n) is 18.9. The summed E-state index contributed by atoms with van der Waals surface area (Å²) in [7, 11) is 0. The van der Waals surface area contributed by atoms with Gasteiger partial charge in [0.2, 0.25) is 17.7 Å². The zero-order valence-corrected chi connectivity index (χ0v) is 19.7. The first kappa shape index (κ1) is 25.8. The second-order valence-electron chi connectivity index (χ2n) is 8.53. The van der Waals surface area contributed by atoms with Gasteiger partial charge in [-0.1, -0.05) is 6.42 Å². The van der Waals surface area contributed by atoms with Gasteiger partial charge in [0.25, 0.3) is 0 Å². The van der Waals surface area contributed by atoms with Crippen LogP contribution in [0.4, 0.5) is 4.79 Å². The highest BCUT2D eigenvalue weighted by atomic mass is 32.2. The molecule has 9 nitrogen and oxygen atoms in total. The number of nitrogens with one attached hydrogen (secondary N) is 5. The zero-order chi connectivity index (χ0) is 23.5. The highest BCUT2D eigenvalue weighted by molar-refractivity contribution is 8.00. The van der Waals surface area contributed by atoms with Crippen LogP contribution in [-0.4, -0.2) is 65.5 Å². The lowest BCUT2D eigenvalue weighted by atomic mass is 10.0. The molecule has 5 unspecified atom stereocenters. The van der Waals surface area contributed by atoms with Crippen LogP contribution in [0.25, 0.3) is 0 Å². The number of hydrogen-bond acceptors (Lipinski definition) is 5. The summed E-state index contributed by atoms with van der Waals surface area (Å²) in [6.45, 7) is 3.94. The molecule has 0 spiro atoms. The van der Waals surface area contributed by atoms with Crippen molar-refractivity contribution in [2.24, 2.45) is 0 Å². The van der Waals surface area contributed by atoms with Crippen LogP contribution in [0.3, 0.4) is 0 Å². The van der Waals surface area contributed by atoms with Crippen LogP contribution in [0, 0.1) is 12.3 Å². The number of carbonyl (C=O) groups excluding carboxylic acids is 4. The number of thioether (sulfide) groups is 1. The monoisotopic (exact) mass is 465 g/mol. The Morgan fingerprint density at radius 1 is 1.12 bits per heavy atom. The van der Waals surface area contributed by atoms with Gasteiger partial charge < -0.3 is 26.6 Å². The van der Waals surface area contributed by atoms with E-state index in [4.69, 9.17) is 6.42 Å². The Morgan fingerprint density at radius 3 is 2.56 bits per heavy atom. The van der Waals surface area contributed by atoms with Crippen LogP contribution in [0.2, 0.25) is 0 Å². The minimum atomic E-state index is -0.380. The SMILES string of the molecule is C#CCCC(C)NC(=O)CC(=O)NC(C)CNC(=O)CCCCC1SCC2NC(=O)NC21. The normalized spacial score (nSPS) is 23.2. The van der Waals surface area contributed by atoms with Crippen molar-refractivity contribution in [3.63, 3.8) is 0 Å². The largest absolute Gasteiger partial charge is 0.354 e. The summed E-state index contributed by atoms with van der Waals surface area (Å²) in [5, 5.41) is 14.6. The van der Waals surface area contributed by atoms with Crippen molar-refractivity contribution in [3.05, 3.63) is 0 Å². The molecule has 2 fully saturated rings. The fraction of sp³-hybridized carbons (Fsp3) is 0.727. The number of amides is 5. The van der Waals surface area contributed by atoms with E-state index in [1.807, 2.05) is 18.7 Å². The smallest absolute Gasteiger partial charge is 0.315 e. The van der Waals surface area contributed by atoms with Crippen molar-refractivity contribution < 1.29 is 19.2 Å². The molecule has 0 aromatic rings. The summed E-state index contributed by atoms with van der Waals surface area (Å²) < 4.78 is 0. The molecule has 178 valence electrons. The van der Waals surface area contributed by atoms with Crippen LogP contribution in [0.15, 0.2) is 0 Å². The Bertz CT molecular complexity index is 726. The Morgan fingerprint density at radius 2 is 1.84 bits per heavy atom. The van der Waals surface area contributed by atoms with E-state index in [0.29, 0.717) is 31.1 Å². The second kappa shape index (κ2) is 13.2. The van der Waals surface area contributed by atoms with Crippen molar-refractivity contribution in [3.8, 4) is 12.3 Å². The molecular formula is C22H35N5O4S. The standard InChI is InChI=1S/C22H35N5O4S/c1-4-5-8-14(2)24-19(29)11-20(30)25-15(3)12-23-18(28)10-7-6-9-17-21-16(13-32-17)26-22(31)27-21/h1,14-17,21H,5-13H2,2-3H3,(H,23,28)(H,24,29)(H,25,30)(H2,26,27,31). The maximum absolute atomic E-state index is 12.1. The maximum atomic E-state index is 12.1. The molecule has 2 saturated heterocycles. The van der Waals surface area contributed by atoms with Gasteiger partial charge in [0.05, 0.1) is 12.1 Å². The minimum absolute atomic E-state index is 0.0565. The number of terminal acetylenes is 1. The van der Waals surface area contributed by atoms with E-state index in [1.54, 1.807) is 6.92 Å². The predicted molar refractivity (Wildman–Crippen MR) is 125 cm³/mol. The number of carbonyl (C=O) groups is 4. The van der Waals surface area contributed by atoms with Gasteiger partial charge >= 0.3 is 6.03 Å². The lowest BCUT2D eigenvalue weighted by Gasteiger charge is -2.17. The number of hydrogen-bond donors (Lipinski definition) is 5. The van der Waals surface area contributed by atoms with Gasteiger partial charge in [0.1, 0.15) is 6.42 Å². The van der Waals surface area contributed by atoms with Crippen molar-refractivity contribution in [1.29, 1.82) is 0 Å². The van der Waals surface area contributed by atoms with E-state index in [1.165, 1.54) is 0 Å². The van der Waals surface area contributed by atoms with Crippen LogP contribution >= 0.6 is 11.8 Å². The number of urea groups is 1. The third kappa shape index (κ3) is 8.99. The average molecular weight is 466 g/mol. The van der Waals surface area contributed by atoms with Crippen LogP contribution in [-0.2, 0) is 14.4 Å². The van der Waals surface area contributed by atoms with Gasteiger partial charge in [-0.25, -0.2) is 4.79 Å². The highest BCUT2D eigenvalue weighted by Crippen LogP contribution is 2.33. The molecule has 0 saturated carbocycles. The van der Waals surface area contributed by atoms with Gasteiger partial charge in [-0.3, -0.25) is 14.4 Å². The third-order valence-electron chi connectivity index (χ3n) is 5.54. The summed E-state index contributed by atoms with van der Waals surface area (Å²) in [5.74, 6) is 2.67. The third-order valence-corrected chi connectivity index (χ3v) is 7.05. The summed E-state index contributed by atoms with van der Waals surface area (Å²) in [5.41, 5.74) is 0. The van der Waals surface area contributed by atoms with Crippen molar-refractivity contribution in [2.75, 3.05) is 12.3 Å². The van der Waals surface area contributed by atoms with Gasteiger partial charge in [-0.15, -0.1) is 12.3 Å². The lowest BCUT2D eigenvalue weighted by Crippen LogP contribution is -2.44. The Kier molecular flexibility index (Phi) is 10.7. The Hall–Kier alpha value is -2.41. The first-order valence-corrected chi connectivity index (χ1v) is 12.3. The van der Waals surface area contributed by atoms with Crippen molar-refractivity contribution >= 4 is 35.5 Å². The Labute approximate surface area is 194 Å². The van der Waals surface area contributed by atoms with E-state index in [2.05, 4.69) is 32.5 Å². The van der Waals surface area contributed by atoms with Crippen LogP contribution in [0.5, 0.6) is 0 Å². The molecule has 2 heterocycles. The molecule has 2 aliphatic rings. The molecule has 2 rings (SSSR count). The van der Waals surface area contributed by atoms with Gasteiger partial charge in [-0.05, 0) is 33.1 Å². The topological polar surface area (TPSA) is 128 Å². The Balaban J connectivity index is 1.52. The van der Waals surface area contributed by atoms with Gasteiger partial charge in [-0.2, -0.15) is 11.8 Å². The van der Waals surface area contributed by atoms with E-state index in [9.17, 15) is 19.2 Å². The molecule has 0 bridgehead atoms. The van der Waals surface area contributed by atoms with Crippen molar-refractivity contribution in [1.82, 2.24) is 26.6 Å². The van der Waals surface area contributed by atoms with E-state index < -0.39 is 0 Å². The highest BCUT2D eigenvalue weighted by Gasteiger charge is 2.42. The molecule has 5 N–H and O–H groups in total. The lowest BCUT2D eigenvalue weighted by molar-refractivity contribution is -0.130. The number of rotatable bonds is 13. The first-order valence-electron chi connectivity index (χ1n) is 11.3.